The lowest BCUT2D eigenvalue weighted by atomic mass is 10.4. The van der Waals surface area contributed by atoms with Crippen LogP contribution in [-0.4, -0.2) is 36.9 Å². The van der Waals surface area contributed by atoms with Crippen LogP contribution < -0.4 is 5.32 Å². The van der Waals surface area contributed by atoms with E-state index in [1.165, 1.54) is 6.26 Å². The van der Waals surface area contributed by atoms with Gasteiger partial charge in [0.1, 0.15) is 15.7 Å². The highest BCUT2D eigenvalue weighted by Gasteiger charge is 2.03. The van der Waals surface area contributed by atoms with Crippen molar-refractivity contribution in [1.29, 1.82) is 0 Å². The molecule has 0 saturated carbocycles. The maximum Gasteiger partial charge on any atom is 0.224 e. The first-order valence-corrected chi connectivity index (χ1v) is 6.73. The van der Waals surface area contributed by atoms with Gasteiger partial charge in [0.05, 0.1) is 5.75 Å². The number of hydrogen-bond donors (Lipinski definition) is 1. The molecule has 1 aromatic heterocycles. The smallest absolute Gasteiger partial charge is 0.224 e. The maximum absolute atomic E-state index is 10.9. The zero-order chi connectivity index (χ0) is 11.5. The van der Waals surface area contributed by atoms with Crippen LogP contribution in [0.15, 0.2) is 6.07 Å². The molecule has 0 fully saturated rings. The van der Waals surface area contributed by atoms with E-state index in [1.54, 1.807) is 13.0 Å². The fraction of sp³-hybridized carbons (Fsp3) is 0.500. The van der Waals surface area contributed by atoms with E-state index in [9.17, 15) is 8.42 Å². The summed E-state index contributed by atoms with van der Waals surface area (Å²) in [6, 6.07) is 1.70. The lowest BCUT2D eigenvalue weighted by molar-refractivity contribution is 0.602. The van der Waals surface area contributed by atoms with E-state index in [4.69, 9.17) is 11.6 Å². The van der Waals surface area contributed by atoms with E-state index in [0.29, 0.717) is 12.4 Å². The van der Waals surface area contributed by atoms with Crippen LogP contribution in [0.3, 0.4) is 0 Å². The first kappa shape index (κ1) is 12.2. The third-order valence-corrected chi connectivity index (χ3v) is 2.72. The molecule has 0 spiro atoms. The van der Waals surface area contributed by atoms with Crippen molar-refractivity contribution in [2.24, 2.45) is 0 Å². The summed E-state index contributed by atoms with van der Waals surface area (Å²) in [7, 11) is -2.95. The molecule has 0 aliphatic carbocycles. The number of rotatable bonds is 4. The number of aryl methyl sites for hydroxylation is 1. The van der Waals surface area contributed by atoms with Crippen LogP contribution in [0.2, 0.25) is 5.28 Å². The molecule has 7 heteroatoms. The number of aromatic nitrogens is 2. The number of halogens is 1. The number of nitrogens with one attached hydrogen (secondary N) is 1. The molecule has 0 bridgehead atoms. The van der Waals surface area contributed by atoms with Gasteiger partial charge >= 0.3 is 0 Å². The number of anilines is 1. The lowest BCUT2D eigenvalue weighted by Gasteiger charge is -2.05. The fourth-order valence-electron chi connectivity index (χ4n) is 0.987. The summed E-state index contributed by atoms with van der Waals surface area (Å²) in [6.07, 6.45) is 1.19. The van der Waals surface area contributed by atoms with Gasteiger partial charge in [-0.15, -0.1) is 0 Å². The maximum atomic E-state index is 10.9. The van der Waals surface area contributed by atoms with Crippen molar-refractivity contribution in [3.8, 4) is 0 Å². The van der Waals surface area contributed by atoms with Crippen LogP contribution in [-0.2, 0) is 9.84 Å². The van der Waals surface area contributed by atoms with Gasteiger partial charge in [0, 0.05) is 24.6 Å². The fourth-order valence-corrected chi connectivity index (χ4v) is 1.68. The van der Waals surface area contributed by atoms with Crippen molar-refractivity contribution in [3.63, 3.8) is 0 Å². The molecule has 1 N–H and O–H groups in total. The van der Waals surface area contributed by atoms with E-state index < -0.39 is 9.84 Å². The molecule has 1 rings (SSSR count). The van der Waals surface area contributed by atoms with Gasteiger partial charge in [-0.2, -0.15) is 0 Å². The Bertz CT molecular complexity index is 427. The largest absolute Gasteiger partial charge is 0.369 e. The van der Waals surface area contributed by atoms with E-state index >= 15 is 0 Å². The molecule has 0 unspecified atom stereocenters. The first-order chi connectivity index (χ1) is 6.87. The Balaban J connectivity index is 2.58. The van der Waals surface area contributed by atoms with E-state index in [2.05, 4.69) is 15.3 Å². The summed E-state index contributed by atoms with van der Waals surface area (Å²) in [6.45, 7) is 2.10. The summed E-state index contributed by atoms with van der Waals surface area (Å²) in [5.74, 6) is 0.601. The van der Waals surface area contributed by atoms with Crippen LogP contribution >= 0.6 is 11.6 Å². The quantitative estimate of drug-likeness (QED) is 0.803. The van der Waals surface area contributed by atoms with E-state index in [-0.39, 0.29) is 11.0 Å². The molecular formula is C8H12ClN3O2S. The average Bonchev–Trinajstić information content (AvgIpc) is 1.99. The van der Waals surface area contributed by atoms with Crippen molar-refractivity contribution in [2.75, 3.05) is 23.9 Å². The van der Waals surface area contributed by atoms with Crippen molar-refractivity contribution >= 4 is 27.3 Å². The zero-order valence-corrected chi connectivity index (χ0v) is 10.1. The molecule has 1 heterocycles. The molecule has 1 aromatic rings. The van der Waals surface area contributed by atoms with Crippen molar-refractivity contribution < 1.29 is 8.42 Å². The minimum Gasteiger partial charge on any atom is -0.369 e. The highest BCUT2D eigenvalue weighted by molar-refractivity contribution is 7.90. The van der Waals surface area contributed by atoms with Crippen LogP contribution in [0.5, 0.6) is 0 Å². The highest BCUT2D eigenvalue weighted by Crippen LogP contribution is 2.09. The van der Waals surface area contributed by atoms with Gasteiger partial charge in [0.25, 0.3) is 0 Å². The lowest BCUT2D eigenvalue weighted by Crippen LogP contribution is -2.15. The molecule has 15 heavy (non-hydrogen) atoms. The van der Waals surface area contributed by atoms with Crippen LogP contribution in [0.1, 0.15) is 5.69 Å². The molecule has 0 aliphatic rings. The molecule has 0 aromatic carbocycles. The Morgan fingerprint density at radius 3 is 2.67 bits per heavy atom. The van der Waals surface area contributed by atoms with Gasteiger partial charge in [-0.25, -0.2) is 18.4 Å². The molecule has 0 aliphatic heterocycles. The molecule has 0 radical (unpaired) electrons. The third kappa shape index (κ3) is 4.94. The highest BCUT2D eigenvalue weighted by atomic mass is 35.5. The summed E-state index contributed by atoms with van der Waals surface area (Å²) in [4.78, 5) is 7.79. The third-order valence-electron chi connectivity index (χ3n) is 1.61. The van der Waals surface area contributed by atoms with Crippen molar-refractivity contribution in [1.82, 2.24) is 9.97 Å². The van der Waals surface area contributed by atoms with Crippen LogP contribution in [0.4, 0.5) is 5.82 Å². The monoisotopic (exact) mass is 249 g/mol. The minimum atomic E-state index is -2.95. The molecule has 0 saturated heterocycles. The van der Waals surface area contributed by atoms with Gasteiger partial charge in [-0.1, -0.05) is 0 Å². The number of hydrogen-bond acceptors (Lipinski definition) is 5. The van der Waals surface area contributed by atoms with Gasteiger partial charge in [0.2, 0.25) is 5.28 Å². The Kier molecular flexibility index (Phi) is 3.87. The second kappa shape index (κ2) is 4.76. The average molecular weight is 250 g/mol. The predicted molar refractivity (Wildman–Crippen MR) is 60.0 cm³/mol. The summed E-state index contributed by atoms with van der Waals surface area (Å²) < 4.78 is 21.7. The molecule has 0 amide bonds. The second-order valence-corrected chi connectivity index (χ2v) is 5.82. The molecular weight excluding hydrogens is 238 g/mol. The molecule has 0 atom stereocenters. The van der Waals surface area contributed by atoms with Gasteiger partial charge in [-0.05, 0) is 18.5 Å². The summed E-state index contributed by atoms with van der Waals surface area (Å²) in [5, 5.41) is 3.02. The zero-order valence-electron chi connectivity index (χ0n) is 8.49. The normalized spacial score (nSPS) is 11.4. The van der Waals surface area contributed by atoms with E-state index in [1.807, 2.05) is 0 Å². The van der Waals surface area contributed by atoms with E-state index in [0.717, 1.165) is 5.69 Å². The SMILES string of the molecule is Cc1cc(NCCS(C)(=O)=O)nc(Cl)n1. The molecule has 5 nitrogen and oxygen atoms in total. The van der Waals surface area contributed by atoms with Crippen molar-refractivity contribution in [2.45, 2.75) is 6.92 Å². The predicted octanol–water partition coefficient (Wildman–Crippen LogP) is 0.895. The Morgan fingerprint density at radius 2 is 2.13 bits per heavy atom. The Labute approximate surface area is 93.8 Å². The van der Waals surface area contributed by atoms with Gasteiger partial charge < -0.3 is 5.32 Å². The number of sulfone groups is 1. The van der Waals surface area contributed by atoms with Gasteiger partial charge in [-0.3, -0.25) is 0 Å². The Morgan fingerprint density at radius 1 is 1.47 bits per heavy atom. The number of nitrogens with zero attached hydrogens (tertiary/aromatic N) is 2. The Hall–Kier alpha value is -0.880. The molecule has 84 valence electrons. The first-order valence-electron chi connectivity index (χ1n) is 4.29. The minimum absolute atomic E-state index is 0.0632. The summed E-state index contributed by atoms with van der Waals surface area (Å²) in [5.41, 5.74) is 0.733. The second-order valence-electron chi connectivity index (χ2n) is 3.22. The van der Waals surface area contributed by atoms with Gasteiger partial charge in [0.15, 0.2) is 0 Å². The van der Waals surface area contributed by atoms with Crippen molar-refractivity contribution in [3.05, 3.63) is 17.0 Å². The van der Waals surface area contributed by atoms with Crippen LogP contribution in [0, 0.1) is 6.92 Å². The summed E-state index contributed by atoms with van der Waals surface area (Å²) >= 11 is 5.64. The topological polar surface area (TPSA) is 72.0 Å². The van der Waals surface area contributed by atoms with Crippen LogP contribution in [0.25, 0.3) is 0 Å². The standard InChI is InChI=1S/C8H12ClN3O2S/c1-6-5-7(12-8(9)11-6)10-3-4-15(2,13)14/h5H,3-4H2,1-2H3,(H,10,11,12).